The molecule has 0 unspecified atom stereocenters. The van der Waals surface area contributed by atoms with Gasteiger partial charge in [-0.2, -0.15) is 0 Å². The minimum atomic E-state index is 0.0889. The Labute approximate surface area is 131 Å². The van der Waals surface area contributed by atoms with Crippen LogP contribution in [0, 0.1) is 6.92 Å². The quantitative estimate of drug-likeness (QED) is 0.817. The van der Waals surface area contributed by atoms with Crippen molar-refractivity contribution in [3.63, 3.8) is 0 Å². The lowest BCUT2D eigenvalue weighted by molar-refractivity contribution is -0.118. The smallest absolute Gasteiger partial charge is 0.230 e. The van der Waals surface area contributed by atoms with Gasteiger partial charge in [-0.1, -0.05) is 55.5 Å². The predicted octanol–water partition coefficient (Wildman–Crippen LogP) is 4.01. The zero-order chi connectivity index (χ0) is 15.1. The Balaban J connectivity index is 1.76. The number of benzene rings is 2. The molecule has 2 rings (SSSR count). The molecule has 110 valence electrons. The van der Waals surface area contributed by atoms with Gasteiger partial charge >= 0.3 is 0 Å². The van der Waals surface area contributed by atoms with Crippen molar-refractivity contribution in [3.8, 4) is 0 Å². The van der Waals surface area contributed by atoms with Crippen LogP contribution in [0.1, 0.15) is 24.0 Å². The molecule has 0 aliphatic rings. The molecule has 0 aromatic heterocycles. The van der Waals surface area contributed by atoms with E-state index in [1.54, 1.807) is 11.8 Å². The minimum absolute atomic E-state index is 0.0889. The average Bonchev–Trinajstić information content (AvgIpc) is 2.52. The fourth-order valence-corrected chi connectivity index (χ4v) is 2.94. The van der Waals surface area contributed by atoms with Crippen LogP contribution in [0.5, 0.6) is 0 Å². The summed E-state index contributed by atoms with van der Waals surface area (Å²) >= 11 is 1.59. The maximum absolute atomic E-state index is 11.9. The molecule has 2 aromatic rings. The van der Waals surface area contributed by atoms with Gasteiger partial charge in [-0.3, -0.25) is 4.79 Å². The second-order valence-corrected chi connectivity index (χ2v) is 6.19. The topological polar surface area (TPSA) is 29.1 Å². The average molecular weight is 299 g/mol. The molecule has 0 bridgehead atoms. The molecule has 1 atom stereocenters. The van der Waals surface area contributed by atoms with Gasteiger partial charge in [0.05, 0.1) is 5.75 Å². The van der Waals surface area contributed by atoms with Crippen LogP contribution >= 0.6 is 11.8 Å². The molecule has 0 saturated carbocycles. The summed E-state index contributed by atoms with van der Waals surface area (Å²) in [5.74, 6) is 0.886. The van der Waals surface area contributed by atoms with Crippen LogP contribution < -0.4 is 5.32 Å². The van der Waals surface area contributed by atoms with E-state index in [9.17, 15) is 4.79 Å². The Morgan fingerprint density at radius 2 is 1.76 bits per heavy atom. The summed E-state index contributed by atoms with van der Waals surface area (Å²) in [6.45, 7) is 4.87. The van der Waals surface area contributed by atoms with E-state index in [1.807, 2.05) is 30.3 Å². The monoisotopic (exact) mass is 299 g/mol. The summed E-state index contributed by atoms with van der Waals surface area (Å²) in [6, 6.07) is 18.4. The van der Waals surface area contributed by atoms with Crippen LogP contribution in [-0.2, 0) is 4.79 Å². The molecule has 2 nitrogen and oxygen atoms in total. The second kappa shape index (κ2) is 7.89. The highest BCUT2D eigenvalue weighted by atomic mass is 32.2. The largest absolute Gasteiger partial charge is 0.355 e. The van der Waals surface area contributed by atoms with Gasteiger partial charge in [0.1, 0.15) is 0 Å². The van der Waals surface area contributed by atoms with Gasteiger partial charge < -0.3 is 5.32 Å². The summed E-state index contributed by atoms with van der Waals surface area (Å²) in [5, 5.41) is 3.01. The van der Waals surface area contributed by atoms with Crippen LogP contribution in [-0.4, -0.2) is 18.2 Å². The Morgan fingerprint density at radius 1 is 1.10 bits per heavy atom. The third kappa shape index (κ3) is 4.94. The predicted molar refractivity (Wildman–Crippen MR) is 89.8 cm³/mol. The maximum Gasteiger partial charge on any atom is 0.230 e. The van der Waals surface area contributed by atoms with E-state index >= 15 is 0 Å². The first-order valence-electron chi connectivity index (χ1n) is 7.17. The van der Waals surface area contributed by atoms with Crippen molar-refractivity contribution in [3.05, 3.63) is 65.7 Å². The van der Waals surface area contributed by atoms with Crippen molar-refractivity contribution in [2.75, 3.05) is 12.3 Å². The van der Waals surface area contributed by atoms with E-state index in [4.69, 9.17) is 0 Å². The van der Waals surface area contributed by atoms with Crippen molar-refractivity contribution in [2.45, 2.75) is 24.7 Å². The van der Waals surface area contributed by atoms with Crippen LogP contribution in [0.25, 0.3) is 0 Å². The number of nitrogens with one attached hydrogen (secondary N) is 1. The molecular formula is C18H21NOS. The Bertz CT molecular complexity index is 583. The molecule has 0 fully saturated rings. The first-order valence-corrected chi connectivity index (χ1v) is 8.15. The first kappa shape index (κ1) is 15.6. The van der Waals surface area contributed by atoms with Crippen molar-refractivity contribution in [1.82, 2.24) is 5.32 Å². The molecule has 1 N–H and O–H groups in total. The minimum Gasteiger partial charge on any atom is -0.355 e. The molecule has 2 aromatic carbocycles. The van der Waals surface area contributed by atoms with Crippen LogP contribution in [0.2, 0.25) is 0 Å². The number of hydrogen-bond donors (Lipinski definition) is 1. The fourth-order valence-electron chi connectivity index (χ4n) is 2.08. The molecule has 0 radical (unpaired) electrons. The fraction of sp³-hybridized carbons (Fsp3) is 0.278. The van der Waals surface area contributed by atoms with E-state index < -0.39 is 0 Å². The molecular weight excluding hydrogens is 278 g/mol. The van der Waals surface area contributed by atoms with Crippen molar-refractivity contribution < 1.29 is 4.79 Å². The van der Waals surface area contributed by atoms with Gasteiger partial charge in [0, 0.05) is 11.4 Å². The third-order valence-electron chi connectivity index (χ3n) is 3.43. The van der Waals surface area contributed by atoms with Crippen LogP contribution in [0.15, 0.2) is 59.5 Å². The second-order valence-electron chi connectivity index (χ2n) is 5.17. The van der Waals surface area contributed by atoms with Gasteiger partial charge in [-0.25, -0.2) is 0 Å². The lowest BCUT2D eigenvalue weighted by Gasteiger charge is -2.13. The zero-order valence-corrected chi connectivity index (χ0v) is 13.3. The number of carbonyl (C=O) groups excluding carboxylic acids is 1. The van der Waals surface area contributed by atoms with E-state index in [1.165, 1.54) is 16.0 Å². The van der Waals surface area contributed by atoms with E-state index in [-0.39, 0.29) is 5.91 Å². The molecule has 1 amide bonds. The van der Waals surface area contributed by atoms with Gasteiger partial charge in [-0.05, 0) is 30.0 Å². The number of amides is 1. The van der Waals surface area contributed by atoms with E-state index in [0.717, 1.165) is 0 Å². The van der Waals surface area contributed by atoms with E-state index in [0.29, 0.717) is 18.2 Å². The van der Waals surface area contributed by atoms with Crippen molar-refractivity contribution >= 4 is 17.7 Å². The van der Waals surface area contributed by atoms with E-state index in [2.05, 4.69) is 43.4 Å². The standard InChI is InChI=1S/C18H21NOS/c1-14-8-6-7-11-17(14)21-13-18(20)19-12-15(2)16-9-4-3-5-10-16/h3-11,15H,12-13H2,1-2H3,(H,19,20)/t15-/m0/s1. The van der Waals surface area contributed by atoms with Crippen molar-refractivity contribution in [2.24, 2.45) is 0 Å². The molecule has 0 saturated heterocycles. The normalized spacial score (nSPS) is 11.9. The SMILES string of the molecule is Cc1ccccc1SCC(=O)NC[C@H](C)c1ccccc1. The summed E-state index contributed by atoms with van der Waals surface area (Å²) in [4.78, 5) is 13.1. The molecule has 0 heterocycles. The highest BCUT2D eigenvalue weighted by Gasteiger charge is 2.08. The molecule has 0 aliphatic heterocycles. The highest BCUT2D eigenvalue weighted by molar-refractivity contribution is 8.00. The lowest BCUT2D eigenvalue weighted by Crippen LogP contribution is -2.28. The lowest BCUT2D eigenvalue weighted by atomic mass is 10.0. The Hall–Kier alpha value is -1.74. The summed E-state index contributed by atoms with van der Waals surface area (Å²) in [5.41, 5.74) is 2.47. The number of aryl methyl sites for hydroxylation is 1. The summed E-state index contributed by atoms with van der Waals surface area (Å²) < 4.78 is 0. The van der Waals surface area contributed by atoms with Crippen molar-refractivity contribution in [1.29, 1.82) is 0 Å². The van der Waals surface area contributed by atoms with Gasteiger partial charge in [0.25, 0.3) is 0 Å². The number of rotatable bonds is 6. The Kier molecular flexibility index (Phi) is 5.88. The first-order chi connectivity index (χ1) is 10.2. The van der Waals surface area contributed by atoms with Gasteiger partial charge in [0.15, 0.2) is 0 Å². The Morgan fingerprint density at radius 3 is 2.48 bits per heavy atom. The number of carbonyl (C=O) groups is 1. The molecule has 3 heteroatoms. The molecule has 0 spiro atoms. The summed E-state index contributed by atoms with van der Waals surface area (Å²) in [6.07, 6.45) is 0. The number of hydrogen-bond acceptors (Lipinski definition) is 2. The molecule has 21 heavy (non-hydrogen) atoms. The molecule has 0 aliphatic carbocycles. The van der Waals surface area contributed by atoms with Gasteiger partial charge in [0.2, 0.25) is 5.91 Å². The summed E-state index contributed by atoms with van der Waals surface area (Å²) in [7, 11) is 0. The highest BCUT2D eigenvalue weighted by Crippen LogP contribution is 2.21. The number of thioether (sulfide) groups is 1. The maximum atomic E-state index is 11.9. The third-order valence-corrected chi connectivity index (χ3v) is 4.60. The van der Waals surface area contributed by atoms with Gasteiger partial charge in [-0.15, -0.1) is 11.8 Å². The van der Waals surface area contributed by atoms with Crippen LogP contribution in [0.4, 0.5) is 0 Å². The van der Waals surface area contributed by atoms with Crippen LogP contribution in [0.3, 0.4) is 0 Å². The zero-order valence-electron chi connectivity index (χ0n) is 12.5.